The maximum atomic E-state index is 12.3. The molecule has 9 heteroatoms. The van der Waals surface area contributed by atoms with Gasteiger partial charge in [-0.3, -0.25) is 4.90 Å². The molecule has 0 spiro atoms. The molecule has 1 aliphatic rings. The van der Waals surface area contributed by atoms with E-state index in [1.54, 1.807) is 6.07 Å². The number of thiophene rings is 1. The van der Waals surface area contributed by atoms with Crippen molar-refractivity contribution >= 4 is 38.6 Å². The average molecular weight is 350 g/mol. The summed E-state index contributed by atoms with van der Waals surface area (Å²) >= 11 is 5.93. The Labute approximate surface area is 134 Å². The molecule has 0 radical (unpaired) electrons. The van der Waals surface area contributed by atoms with E-state index in [4.69, 9.17) is 22.7 Å². The second kappa shape index (κ2) is 7.12. The van der Waals surface area contributed by atoms with E-state index in [0.29, 0.717) is 24.6 Å². The van der Waals surface area contributed by atoms with Crippen LogP contribution in [0.5, 0.6) is 0 Å². The van der Waals surface area contributed by atoms with Crippen molar-refractivity contribution in [2.75, 3.05) is 32.8 Å². The van der Waals surface area contributed by atoms with Crippen LogP contribution in [0.1, 0.15) is 11.8 Å². The predicted octanol–water partition coefficient (Wildman–Crippen LogP) is 0.381. The van der Waals surface area contributed by atoms with Crippen LogP contribution >= 0.6 is 23.6 Å². The average Bonchev–Trinajstić information content (AvgIpc) is 2.89. The Morgan fingerprint density at radius 3 is 2.76 bits per heavy atom. The summed E-state index contributed by atoms with van der Waals surface area (Å²) in [6, 6.07) is 2.99. The number of nitrogens with one attached hydrogen (secondary N) is 1. The fourth-order valence-corrected chi connectivity index (χ4v) is 4.73. The topological polar surface area (TPSA) is 84.7 Å². The van der Waals surface area contributed by atoms with Gasteiger partial charge in [-0.15, -0.1) is 11.3 Å². The molecule has 1 aromatic heterocycles. The Bertz CT molecular complexity index is 594. The highest BCUT2D eigenvalue weighted by Crippen LogP contribution is 2.21. The minimum Gasteiger partial charge on any atom is -0.389 e. The first-order chi connectivity index (χ1) is 9.88. The molecule has 6 nitrogen and oxygen atoms in total. The molecule has 1 aromatic rings. The van der Waals surface area contributed by atoms with Crippen LogP contribution in [0.3, 0.4) is 0 Å². The fourth-order valence-electron chi connectivity index (χ4n) is 2.13. The lowest BCUT2D eigenvalue weighted by atomic mass is 10.3. The Kier molecular flexibility index (Phi) is 5.69. The van der Waals surface area contributed by atoms with Gasteiger partial charge in [-0.05, 0) is 19.1 Å². The van der Waals surface area contributed by atoms with Gasteiger partial charge in [0.2, 0.25) is 10.0 Å². The first-order valence-corrected chi connectivity index (χ1v) is 9.31. The molecule has 118 valence electrons. The summed E-state index contributed by atoms with van der Waals surface area (Å²) in [4.78, 5) is 3.00. The van der Waals surface area contributed by atoms with E-state index in [9.17, 15) is 8.42 Å². The first kappa shape index (κ1) is 16.8. The maximum Gasteiger partial charge on any atom is 0.250 e. The summed E-state index contributed by atoms with van der Waals surface area (Å²) in [5.41, 5.74) is 5.50. The minimum absolute atomic E-state index is 0.177. The van der Waals surface area contributed by atoms with Crippen LogP contribution < -0.4 is 10.5 Å². The van der Waals surface area contributed by atoms with Crippen molar-refractivity contribution in [3.05, 3.63) is 17.0 Å². The molecule has 1 saturated heterocycles. The molecule has 2 rings (SSSR count). The quantitative estimate of drug-likeness (QED) is 0.723. The summed E-state index contributed by atoms with van der Waals surface area (Å²) in [5.74, 6) is 0. The van der Waals surface area contributed by atoms with Crippen LogP contribution in [0.2, 0.25) is 0 Å². The van der Waals surface area contributed by atoms with Crippen LogP contribution in [-0.4, -0.2) is 57.2 Å². The molecular weight excluding hydrogens is 330 g/mol. The number of ether oxygens (including phenoxy) is 1. The van der Waals surface area contributed by atoms with Gasteiger partial charge < -0.3 is 10.5 Å². The van der Waals surface area contributed by atoms with Crippen LogP contribution in [0.4, 0.5) is 0 Å². The molecule has 0 amide bonds. The lowest BCUT2D eigenvalue weighted by Crippen LogP contribution is -2.45. The lowest BCUT2D eigenvalue weighted by Gasteiger charge is -2.29. The standard InChI is InChI=1S/C12H19N3O3S3/c1-9(8-15-4-6-18-7-5-15)14-21(16,17)11-3-2-10(20-11)12(13)19/h2-3,9,14H,4-8H2,1H3,(H2,13,19). The van der Waals surface area contributed by atoms with E-state index in [1.807, 2.05) is 6.92 Å². The number of hydrogen-bond donors (Lipinski definition) is 2. The highest BCUT2D eigenvalue weighted by molar-refractivity contribution is 7.91. The van der Waals surface area contributed by atoms with Gasteiger partial charge in [0.15, 0.2) is 0 Å². The third-order valence-electron chi connectivity index (χ3n) is 3.08. The van der Waals surface area contributed by atoms with Crippen molar-refractivity contribution in [2.24, 2.45) is 5.73 Å². The van der Waals surface area contributed by atoms with E-state index in [1.165, 1.54) is 6.07 Å². The Morgan fingerprint density at radius 1 is 1.52 bits per heavy atom. The number of nitrogens with two attached hydrogens (primary N) is 1. The monoisotopic (exact) mass is 349 g/mol. The zero-order valence-electron chi connectivity index (χ0n) is 11.7. The first-order valence-electron chi connectivity index (χ1n) is 6.60. The number of rotatable bonds is 6. The minimum atomic E-state index is -3.53. The molecule has 1 fully saturated rings. The Balaban J connectivity index is 1.97. The number of morpholine rings is 1. The molecular formula is C12H19N3O3S3. The van der Waals surface area contributed by atoms with Gasteiger partial charge in [-0.1, -0.05) is 12.2 Å². The number of thiocarbonyl (C=S) groups is 1. The van der Waals surface area contributed by atoms with E-state index >= 15 is 0 Å². The molecule has 1 unspecified atom stereocenters. The maximum absolute atomic E-state index is 12.3. The van der Waals surface area contributed by atoms with E-state index in [-0.39, 0.29) is 15.2 Å². The van der Waals surface area contributed by atoms with Crippen LogP contribution in [0.25, 0.3) is 0 Å². The van der Waals surface area contributed by atoms with Crippen molar-refractivity contribution in [3.63, 3.8) is 0 Å². The smallest absolute Gasteiger partial charge is 0.250 e. The van der Waals surface area contributed by atoms with Gasteiger partial charge in [0, 0.05) is 25.7 Å². The second-order valence-corrected chi connectivity index (χ2v) is 8.38. The fraction of sp³-hybridized carbons (Fsp3) is 0.583. The predicted molar refractivity (Wildman–Crippen MR) is 87.2 cm³/mol. The highest BCUT2D eigenvalue weighted by atomic mass is 32.2. The summed E-state index contributed by atoms with van der Waals surface area (Å²) in [6.07, 6.45) is 0. The number of nitrogens with zero attached hydrogens (tertiary/aromatic N) is 1. The molecule has 0 aromatic carbocycles. The van der Waals surface area contributed by atoms with Crippen molar-refractivity contribution in [3.8, 4) is 0 Å². The molecule has 2 heterocycles. The van der Waals surface area contributed by atoms with Gasteiger partial charge in [0.25, 0.3) is 0 Å². The molecule has 0 saturated carbocycles. The summed E-state index contributed by atoms with van der Waals surface area (Å²) in [6.45, 7) is 5.57. The molecule has 1 aliphatic heterocycles. The number of sulfonamides is 1. The summed E-state index contributed by atoms with van der Waals surface area (Å²) < 4.78 is 32.8. The largest absolute Gasteiger partial charge is 0.389 e. The number of hydrogen-bond acceptors (Lipinski definition) is 6. The normalized spacial score (nSPS) is 18.5. The third kappa shape index (κ3) is 4.70. The van der Waals surface area contributed by atoms with Crippen molar-refractivity contribution in [2.45, 2.75) is 17.2 Å². The summed E-state index contributed by atoms with van der Waals surface area (Å²) in [5, 5.41) is 0. The van der Waals surface area contributed by atoms with Crippen LogP contribution in [-0.2, 0) is 14.8 Å². The highest BCUT2D eigenvalue weighted by Gasteiger charge is 2.22. The van der Waals surface area contributed by atoms with E-state index < -0.39 is 10.0 Å². The van der Waals surface area contributed by atoms with Crippen LogP contribution in [0.15, 0.2) is 16.3 Å². The molecule has 3 N–H and O–H groups in total. The van der Waals surface area contributed by atoms with Gasteiger partial charge in [-0.2, -0.15) is 0 Å². The molecule has 0 bridgehead atoms. The second-order valence-electron chi connectivity index (χ2n) is 4.92. The van der Waals surface area contributed by atoms with E-state index in [0.717, 1.165) is 24.4 Å². The molecule has 1 atom stereocenters. The van der Waals surface area contributed by atoms with Crippen molar-refractivity contribution in [1.82, 2.24) is 9.62 Å². The van der Waals surface area contributed by atoms with Gasteiger partial charge >= 0.3 is 0 Å². The van der Waals surface area contributed by atoms with Gasteiger partial charge in [0.1, 0.15) is 9.20 Å². The summed E-state index contributed by atoms with van der Waals surface area (Å²) in [7, 11) is -3.53. The zero-order chi connectivity index (χ0) is 15.5. The van der Waals surface area contributed by atoms with Crippen molar-refractivity contribution < 1.29 is 13.2 Å². The SMILES string of the molecule is CC(CN1CCOCC1)NS(=O)(=O)c1ccc(C(N)=S)s1. The van der Waals surface area contributed by atoms with Gasteiger partial charge in [0.05, 0.1) is 18.1 Å². The zero-order valence-corrected chi connectivity index (χ0v) is 14.2. The lowest BCUT2D eigenvalue weighted by molar-refractivity contribution is 0.0354. The van der Waals surface area contributed by atoms with Gasteiger partial charge in [-0.25, -0.2) is 13.1 Å². The third-order valence-corrected chi connectivity index (χ3v) is 6.63. The van der Waals surface area contributed by atoms with Crippen LogP contribution in [0, 0.1) is 0 Å². The molecule has 0 aliphatic carbocycles. The van der Waals surface area contributed by atoms with Crippen molar-refractivity contribution in [1.29, 1.82) is 0 Å². The Hall–Kier alpha value is -0.580. The van der Waals surface area contributed by atoms with E-state index in [2.05, 4.69) is 9.62 Å². The molecule has 21 heavy (non-hydrogen) atoms. The Morgan fingerprint density at radius 2 is 2.19 bits per heavy atom.